The lowest BCUT2D eigenvalue weighted by Gasteiger charge is -2.04. The Morgan fingerprint density at radius 1 is 1.44 bits per heavy atom. The summed E-state index contributed by atoms with van der Waals surface area (Å²) in [6.07, 6.45) is 5.17. The quantitative estimate of drug-likeness (QED) is 0.858. The molecule has 1 unspecified atom stereocenters. The molecule has 0 saturated heterocycles. The Balaban J connectivity index is 2.53. The molecule has 96 valence electrons. The van der Waals surface area contributed by atoms with Crippen molar-refractivity contribution in [1.29, 1.82) is 0 Å². The molecule has 18 heavy (non-hydrogen) atoms. The van der Waals surface area contributed by atoms with Gasteiger partial charge in [-0.2, -0.15) is 0 Å². The molecule has 2 N–H and O–H groups in total. The molecule has 1 aromatic rings. The number of carbonyl (C=O) groups excluding carboxylic acids is 1. The number of hydrogen-bond acceptors (Lipinski definition) is 4. The largest absolute Gasteiger partial charge is 0.502 e. The Hall–Kier alpha value is -2.04. The molecule has 0 bridgehead atoms. The molecule has 0 spiro atoms. The summed E-state index contributed by atoms with van der Waals surface area (Å²) in [5.41, 5.74) is -0.762. The van der Waals surface area contributed by atoms with E-state index >= 15 is 0 Å². The number of amides is 1. The third-order valence-corrected chi connectivity index (χ3v) is 2.83. The average Bonchev–Trinajstić information content (AvgIpc) is 2.61. The summed E-state index contributed by atoms with van der Waals surface area (Å²) in [5, 5.41) is 12.3. The van der Waals surface area contributed by atoms with Crippen LogP contribution in [-0.4, -0.2) is 11.0 Å². The first-order valence-electron chi connectivity index (χ1n) is 5.93. The van der Waals surface area contributed by atoms with Gasteiger partial charge in [-0.25, -0.2) is 0 Å². The van der Waals surface area contributed by atoms with Gasteiger partial charge >= 0.3 is 0 Å². The van der Waals surface area contributed by atoms with E-state index in [1.54, 1.807) is 13.0 Å². The summed E-state index contributed by atoms with van der Waals surface area (Å²) >= 11 is 0. The standard InChI is InChI=1S/C13H15NO4/c1-3-4-5-6-8-10(15)11(16)9-12(18-8)7(2)14-13(9)17/h5-7,15H,3-4H2,1-2H3,(H,14,17). The number of aromatic hydroxyl groups is 1. The van der Waals surface area contributed by atoms with Gasteiger partial charge in [0, 0.05) is 0 Å². The highest BCUT2D eigenvalue weighted by Gasteiger charge is 2.33. The molecule has 2 rings (SSSR count). The Morgan fingerprint density at radius 2 is 2.17 bits per heavy atom. The second-order valence-electron chi connectivity index (χ2n) is 4.27. The zero-order valence-corrected chi connectivity index (χ0v) is 10.3. The van der Waals surface area contributed by atoms with E-state index in [0.29, 0.717) is 5.76 Å². The normalized spacial score (nSPS) is 18.1. The second kappa shape index (κ2) is 4.68. The highest BCUT2D eigenvalue weighted by atomic mass is 16.4. The van der Waals surface area contributed by atoms with Gasteiger partial charge in [0.2, 0.25) is 11.2 Å². The first kappa shape index (κ1) is 12.4. The van der Waals surface area contributed by atoms with Crippen LogP contribution in [0.2, 0.25) is 0 Å². The van der Waals surface area contributed by atoms with Crippen molar-refractivity contribution in [2.24, 2.45) is 0 Å². The zero-order chi connectivity index (χ0) is 13.3. The van der Waals surface area contributed by atoms with Gasteiger partial charge in [-0.3, -0.25) is 9.59 Å². The first-order valence-corrected chi connectivity index (χ1v) is 5.93. The third-order valence-electron chi connectivity index (χ3n) is 2.83. The maximum Gasteiger partial charge on any atom is 0.259 e. The van der Waals surface area contributed by atoms with Gasteiger partial charge in [-0.15, -0.1) is 0 Å². The average molecular weight is 249 g/mol. The lowest BCUT2D eigenvalue weighted by molar-refractivity contribution is 0.0957. The van der Waals surface area contributed by atoms with E-state index in [0.717, 1.165) is 12.8 Å². The van der Waals surface area contributed by atoms with Crippen molar-refractivity contribution in [3.8, 4) is 5.75 Å². The fourth-order valence-corrected chi connectivity index (χ4v) is 1.88. The van der Waals surface area contributed by atoms with E-state index in [9.17, 15) is 14.7 Å². The van der Waals surface area contributed by atoms with Crippen molar-refractivity contribution >= 4 is 12.0 Å². The van der Waals surface area contributed by atoms with Gasteiger partial charge in [0.25, 0.3) is 5.91 Å². The lowest BCUT2D eigenvalue weighted by Crippen LogP contribution is -2.20. The van der Waals surface area contributed by atoms with Crippen molar-refractivity contribution in [3.05, 3.63) is 33.4 Å². The van der Waals surface area contributed by atoms with Crippen LogP contribution in [-0.2, 0) is 0 Å². The van der Waals surface area contributed by atoms with Gasteiger partial charge in [0.05, 0.1) is 6.04 Å². The number of rotatable bonds is 3. The van der Waals surface area contributed by atoms with E-state index in [1.807, 2.05) is 13.0 Å². The van der Waals surface area contributed by atoms with E-state index in [1.165, 1.54) is 0 Å². The minimum absolute atomic E-state index is 0.0901. The molecular weight excluding hydrogens is 234 g/mol. The van der Waals surface area contributed by atoms with E-state index in [2.05, 4.69) is 5.32 Å². The van der Waals surface area contributed by atoms with Crippen LogP contribution in [0.3, 0.4) is 0 Å². The minimum atomic E-state index is -0.672. The van der Waals surface area contributed by atoms with Crippen molar-refractivity contribution < 1.29 is 14.3 Å². The lowest BCUT2D eigenvalue weighted by atomic mass is 10.1. The van der Waals surface area contributed by atoms with Crippen LogP contribution in [0.25, 0.3) is 6.08 Å². The molecule has 1 aromatic heterocycles. The fourth-order valence-electron chi connectivity index (χ4n) is 1.88. The molecule has 1 amide bonds. The van der Waals surface area contributed by atoms with Crippen LogP contribution in [0.1, 0.15) is 54.6 Å². The highest BCUT2D eigenvalue weighted by Crippen LogP contribution is 2.27. The summed E-state index contributed by atoms with van der Waals surface area (Å²) < 4.78 is 5.44. The van der Waals surface area contributed by atoms with Crippen LogP contribution in [0.15, 0.2) is 15.3 Å². The molecule has 5 heteroatoms. The van der Waals surface area contributed by atoms with Crippen LogP contribution < -0.4 is 10.7 Å². The van der Waals surface area contributed by atoms with Gasteiger partial charge in [-0.05, 0) is 19.4 Å². The third kappa shape index (κ3) is 1.92. The number of unbranched alkanes of at least 4 members (excludes halogenated alkanes) is 1. The van der Waals surface area contributed by atoms with Crippen molar-refractivity contribution in [2.45, 2.75) is 32.7 Å². The van der Waals surface area contributed by atoms with Gasteiger partial charge in [0.15, 0.2) is 5.76 Å². The number of carbonyl (C=O) groups is 1. The van der Waals surface area contributed by atoms with E-state index < -0.39 is 17.1 Å². The van der Waals surface area contributed by atoms with Crippen LogP contribution in [0.4, 0.5) is 0 Å². The minimum Gasteiger partial charge on any atom is -0.502 e. The number of hydrogen-bond donors (Lipinski definition) is 2. The SMILES string of the molecule is CCCC=Cc1oc2c(c(=O)c1O)C(=O)NC2C. The predicted molar refractivity (Wildman–Crippen MR) is 66.5 cm³/mol. The Morgan fingerprint density at radius 3 is 2.83 bits per heavy atom. The second-order valence-corrected chi connectivity index (χ2v) is 4.27. The molecule has 1 aliphatic rings. The number of allylic oxidation sites excluding steroid dienone is 1. The molecule has 5 nitrogen and oxygen atoms in total. The van der Waals surface area contributed by atoms with Gasteiger partial charge in [-0.1, -0.05) is 19.4 Å². The van der Waals surface area contributed by atoms with E-state index in [-0.39, 0.29) is 17.4 Å². The fraction of sp³-hybridized carbons (Fsp3) is 0.385. The summed E-state index contributed by atoms with van der Waals surface area (Å²) in [7, 11) is 0. The van der Waals surface area contributed by atoms with Gasteiger partial charge in [0.1, 0.15) is 11.3 Å². The summed E-state index contributed by atoms with van der Waals surface area (Å²) in [6.45, 7) is 3.75. The first-order chi connectivity index (χ1) is 8.56. The Bertz CT molecular complexity index is 571. The molecule has 1 atom stereocenters. The van der Waals surface area contributed by atoms with E-state index in [4.69, 9.17) is 4.42 Å². The smallest absolute Gasteiger partial charge is 0.259 e. The molecule has 1 aliphatic heterocycles. The van der Waals surface area contributed by atoms with Gasteiger partial charge < -0.3 is 14.8 Å². The molecule has 0 aliphatic carbocycles. The molecule has 2 heterocycles. The summed E-state index contributed by atoms with van der Waals surface area (Å²) in [4.78, 5) is 23.4. The molecular formula is C13H15NO4. The van der Waals surface area contributed by atoms with Crippen molar-refractivity contribution in [1.82, 2.24) is 5.32 Å². The van der Waals surface area contributed by atoms with Crippen LogP contribution in [0.5, 0.6) is 5.75 Å². The molecule has 0 fully saturated rings. The Labute approximate surface area is 104 Å². The number of fused-ring (bicyclic) bond motifs is 1. The number of nitrogens with one attached hydrogen (secondary N) is 1. The monoisotopic (exact) mass is 249 g/mol. The van der Waals surface area contributed by atoms with Crippen molar-refractivity contribution in [3.63, 3.8) is 0 Å². The summed E-state index contributed by atoms with van der Waals surface area (Å²) in [6, 6.07) is -0.348. The Kier molecular flexibility index (Phi) is 3.23. The highest BCUT2D eigenvalue weighted by molar-refractivity contribution is 5.98. The molecule has 0 saturated carbocycles. The molecule has 0 radical (unpaired) electrons. The predicted octanol–water partition coefficient (Wildman–Crippen LogP) is 1.96. The molecule has 0 aromatic carbocycles. The summed E-state index contributed by atoms with van der Waals surface area (Å²) in [5.74, 6) is -0.606. The maximum atomic E-state index is 11.9. The topological polar surface area (TPSA) is 79.5 Å². The van der Waals surface area contributed by atoms with Crippen LogP contribution >= 0.6 is 0 Å². The van der Waals surface area contributed by atoms with Crippen LogP contribution in [0, 0.1) is 0 Å². The van der Waals surface area contributed by atoms with Crippen molar-refractivity contribution in [2.75, 3.05) is 0 Å². The maximum absolute atomic E-state index is 11.9. The zero-order valence-electron chi connectivity index (χ0n) is 10.3.